The Morgan fingerprint density at radius 2 is 1.68 bits per heavy atom. The highest BCUT2D eigenvalue weighted by atomic mass is 32.2. The fraction of sp³-hybridized carbons (Fsp3) is 0.655. The summed E-state index contributed by atoms with van der Waals surface area (Å²) >= 11 is 0. The van der Waals surface area contributed by atoms with Crippen LogP contribution in [0.25, 0.3) is 0 Å². The van der Waals surface area contributed by atoms with E-state index in [1.165, 1.54) is 0 Å². The van der Waals surface area contributed by atoms with Gasteiger partial charge < -0.3 is 19.1 Å². The van der Waals surface area contributed by atoms with E-state index >= 15 is 0 Å². The van der Waals surface area contributed by atoms with Gasteiger partial charge in [0.25, 0.3) is 0 Å². The first-order chi connectivity index (χ1) is 18.2. The molecule has 1 heterocycles. The maximum atomic E-state index is 14.2. The van der Waals surface area contributed by atoms with E-state index in [4.69, 9.17) is 13.8 Å². The minimum atomic E-state index is -3.68. The lowest BCUT2D eigenvalue weighted by Gasteiger charge is -2.39. The Labute approximate surface area is 229 Å². The highest BCUT2D eigenvalue weighted by molar-refractivity contribution is 7.91. The normalized spacial score (nSPS) is 22.1. The van der Waals surface area contributed by atoms with Gasteiger partial charge in [0, 0.05) is 23.1 Å². The number of methoxy groups -OCH3 is 1. The Bertz CT molecular complexity index is 1130. The Balaban J connectivity index is 2.21. The molecule has 1 aliphatic carbocycles. The third kappa shape index (κ3) is 7.39. The quantitative estimate of drug-likeness (QED) is 0.239. The van der Waals surface area contributed by atoms with Crippen LogP contribution in [0.5, 0.6) is 5.75 Å². The Hall–Kier alpha value is -1.44. The predicted molar refractivity (Wildman–Crippen MR) is 154 cm³/mol. The minimum absolute atomic E-state index is 0.0378. The summed E-state index contributed by atoms with van der Waals surface area (Å²) < 4.78 is 58.6. The van der Waals surface area contributed by atoms with Crippen molar-refractivity contribution in [2.45, 2.75) is 95.3 Å². The lowest BCUT2D eigenvalue weighted by atomic mass is 9.82. The third-order valence-corrected chi connectivity index (χ3v) is 11.5. The second kappa shape index (κ2) is 13.8. The van der Waals surface area contributed by atoms with E-state index in [0.717, 1.165) is 44.9 Å². The highest BCUT2D eigenvalue weighted by Gasteiger charge is 2.44. The maximum Gasteiger partial charge on any atom is 0.335 e. The van der Waals surface area contributed by atoms with Crippen LogP contribution in [-0.4, -0.2) is 40.0 Å². The fourth-order valence-corrected chi connectivity index (χ4v) is 9.52. The van der Waals surface area contributed by atoms with Gasteiger partial charge in [0.05, 0.1) is 37.1 Å². The number of benzene rings is 1. The lowest BCUT2D eigenvalue weighted by molar-refractivity contribution is 0.219. The number of rotatable bonds is 14. The van der Waals surface area contributed by atoms with Crippen LogP contribution in [0, 0.1) is 5.92 Å². The van der Waals surface area contributed by atoms with Gasteiger partial charge in [-0.15, -0.1) is 0 Å². The van der Waals surface area contributed by atoms with Crippen molar-refractivity contribution >= 4 is 17.4 Å². The topological polar surface area (TPSA) is 90.9 Å². The lowest BCUT2D eigenvalue weighted by Crippen LogP contribution is -2.51. The summed E-state index contributed by atoms with van der Waals surface area (Å²) in [4.78, 5) is 0.295. The van der Waals surface area contributed by atoms with E-state index < -0.39 is 23.0 Å². The molecule has 1 aromatic carbocycles. The molecule has 0 saturated carbocycles. The number of ether oxygens (including phenoxy) is 1. The zero-order chi connectivity index (χ0) is 27.8. The number of hydrogen-bond acceptors (Lipinski definition) is 7. The molecule has 3 rings (SSSR count). The molecule has 2 aliphatic rings. The van der Waals surface area contributed by atoms with Crippen molar-refractivity contribution in [3.05, 3.63) is 47.6 Å². The van der Waals surface area contributed by atoms with Gasteiger partial charge in [-0.3, -0.25) is 4.57 Å². The summed E-state index contributed by atoms with van der Waals surface area (Å²) in [7, 11) is -5.60. The average molecular weight is 568 g/mol. The molecule has 2 atom stereocenters. The molecule has 9 heteroatoms. The first-order valence-corrected chi connectivity index (χ1v) is 17.5. The summed E-state index contributed by atoms with van der Waals surface area (Å²) in [6, 6.07) is 3.30. The molecule has 38 heavy (non-hydrogen) atoms. The van der Waals surface area contributed by atoms with Gasteiger partial charge in [-0.2, -0.15) is 0 Å². The number of sulfone groups is 1. The van der Waals surface area contributed by atoms with Gasteiger partial charge in [0.1, 0.15) is 5.75 Å². The summed E-state index contributed by atoms with van der Waals surface area (Å²) in [5.74, 6) is 0.634. The molecule has 0 saturated heterocycles. The predicted octanol–water partition coefficient (Wildman–Crippen LogP) is 7.13. The van der Waals surface area contributed by atoms with Crippen LogP contribution in [0.4, 0.5) is 0 Å². The Morgan fingerprint density at radius 1 is 1.03 bits per heavy atom. The highest BCUT2D eigenvalue weighted by Crippen LogP contribution is 2.53. The molecule has 0 amide bonds. The van der Waals surface area contributed by atoms with Crippen LogP contribution >= 0.6 is 7.60 Å². The molecule has 0 aromatic heterocycles. The number of fused-ring (bicyclic) bond motifs is 1. The Kier molecular flexibility index (Phi) is 11.3. The van der Waals surface area contributed by atoms with Crippen molar-refractivity contribution in [3.63, 3.8) is 0 Å². The average Bonchev–Trinajstić information content (AvgIpc) is 2.98. The maximum absolute atomic E-state index is 14.2. The van der Waals surface area contributed by atoms with Crippen LogP contribution in [0.15, 0.2) is 41.3 Å². The SMILES string of the molecule is CCCCC1(CCCC)CS(=O)(=O)c2cc(CP(=O)(OCC)OCC)c(OC)cc2C(C2C=CC=CC2)N1. The van der Waals surface area contributed by atoms with Gasteiger partial charge in [0.15, 0.2) is 9.84 Å². The van der Waals surface area contributed by atoms with E-state index in [1.807, 2.05) is 18.2 Å². The zero-order valence-corrected chi connectivity index (χ0v) is 25.4. The number of unbranched alkanes of at least 4 members (excludes halogenated alkanes) is 2. The van der Waals surface area contributed by atoms with Crippen LogP contribution in [-0.2, 0) is 29.6 Å². The molecular formula is C29H46NO6PS. The summed E-state index contributed by atoms with van der Waals surface area (Å²) in [6.07, 6.45) is 14.7. The molecule has 1 N–H and O–H groups in total. The van der Waals surface area contributed by atoms with Crippen molar-refractivity contribution in [1.29, 1.82) is 0 Å². The summed E-state index contributed by atoms with van der Waals surface area (Å²) in [5.41, 5.74) is 0.712. The van der Waals surface area contributed by atoms with Crippen LogP contribution < -0.4 is 10.1 Å². The van der Waals surface area contributed by atoms with Gasteiger partial charge in [-0.05, 0) is 50.8 Å². The van der Waals surface area contributed by atoms with Crippen molar-refractivity contribution in [3.8, 4) is 5.75 Å². The van der Waals surface area contributed by atoms with Crippen LogP contribution in [0.3, 0.4) is 0 Å². The first kappa shape index (κ1) is 31.1. The summed E-state index contributed by atoms with van der Waals surface area (Å²) in [5, 5.41) is 3.92. The van der Waals surface area contributed by atoms with Crippen LogP contribution in [0.2, 0.25) is 0 Å². The molecule has 0 bridgehead atoms. The van der Waals surface area contributed by atoms with E-state index in [0.29, 0.717) is 21.8 Å². The van der Waals surface area contributed by atoms with Crippen LogP contribution in [0.1, 0.15) is 89.8 Å². The standard InChI is InChI=1S/C29H46NO6PS/c1-6-10-17-29(18-11-7-2)22-38(32,33)27-19-24(21-37(31,35-8-3)36-9-4)26(34-5)20-25(27)28(30-29)23-15-13-12-14-16-23/h12-15,19-20,23,28,30H,6-11,16-18,21-22H2,1-5H3. The van der Waals surface area contributed by atoms with Crippen molar-refractivity contribution in [2.75, 3.05) is 26.1 Å². The molecular weight excluding hydrogens is 521 g/mol. The van der Waals surface area contributed by atoms with Gasteiger partial charge in [-0.1, -0.05) is 63.8 Å². The molecule has 214 valence electrons. The number of allylic oxidation sites excluding steroid dienone is 3. The number of nitrogens with one attached hydrogen (secondary N) is 1. The molecule has 0 spiro atoms. The van der Waals surface area contributed by atoms with Gasteiger partial charge in [-0.25, -0.2) is 8.42 Å². The Morgan fingerprint density at radius 3 is 2.21 bits per heavy atom. The van der Waals surface area contributed by atoms with Gasteiger partial charge >= 0.3 is 7.60 Å². The number of hydrogen-bond donors (Lipinski definition) is 1. The minimum Gasteiger partial charge on any atom is -0.496 e. The molecule has 2 unspecified atom stereocenters. The van der Waals surface area contributed by atoms with Gasteiger partial charge in [0.2, 0.25) is 0 Å². The smallest absolute Gasteiger partial charge is 0.335 e. The monoisotopic (exact) mass is 567 g/mol. The van der Waals surface area contributed by atoms with Crippen molar-refractivity contribution in [1.82, 2.24) is 5.32 Å². The molecule has 1 aromatic rings. The summed E-state index contributed by atoms with van der Waals surface area (Å²) in [6.45, 7) is 8.27. The zero-order valence-electron chi connectivity index (χ0n) is 23.7. The molecule has 0 radical (unpaired) electrons. The second-order valence-electron chi connectivity index (χ2n) is 10.4. The molecule has 1 aliphatic heterocycles. The van der Waals surface area contributed by atoms with Crippen molar-refractivity contribution < 1.29 is 26.8 Å². The molecule has 7 nitrogen and oxygen atoms in total. The molecule has 0 fully saturated rings. The third-order valence-electron chi connectivity index (χ3n) is 7.49. The van der Waals surface area contributed by atoms with E-state index in [9.17, 15) is 13.0 Å². The van der Waals surface area contributed by atoms with E-state index in [1.54, 1.807) is 27.0 Å². The van der Waals surface area contributed by atoms with E-state index in [-0.39, 0.29) is 37.1 Å². The fourth-order valence-electron chi connectivity index (χ4n) is 5.69. The van der Waals surface area contributed by atoms with E-state index in [2.05, 4.69) is 31.3 Å². The van der Waals surface area contributed by atoms with Crippen molar-refractivity contribution in [2.24, 2.45) is 5.92 Å². The first-order valence-electron chi connectivity index (χ1n) is 14.1. The second-order valence-corrected chi connectivity index (χ2v) is 14.4. The largest absolute Gasteiger partial charge is 0.496 e.